The molecular formula is C23H22F2N2O4. The Labute approximate surface area is 178 Å². The van der Waals surface area contributed by atoms with Gasteiger partial charge in [-0.1, -0.05) is 30.0 Å². The maximum atomic E-state index is 14.5. The molecular weight excluding hydrogens is 406 g/mol. The molecule has 1 saturated heterocycles. The summed E-state index contributed by atoms with van der Waals surface area (Å²) in [7, 11) is 1.24. The highest BCUT2D eigenvalue weighted by atomic mass is 19.1. The van der Waals surface area contributed by atoms with Crippen molar-refractivity contribution in [2.45, 2.75) is 24.8 Å². The number of carbonyl (C=O) groups is 2. The normalized spacial score (nSPS) is 17.8. The van der Waals surface area contributed by atoms with E-state index in [1.54, 1.807) is 24.3 Å². The Balaban J connectivity index is 1.73. The summed E-state index contributed by atoms with van der Waals surface area (Å²) in [4.78, 5) is 24.2. The van der Waals surface area contributed by atoms with Crippen LogP contribution in [0.4, 0.5) is 19.3 Å². The number of hydrogen-bond donors (Lipinski definition) is 2. The highest BCUT2D eigenvalue weighted by molar-refractivity contribution is 5.90. The lowest BCUT2D eigenvalue weighted by atomic mass is 9.89. The molecule has 0 radical (unpaired) electrons. The molecule has 1 aliphatic rings. The second kappa shape index (κ2) is 10.0. The summed E-state index contributed by atoms with van der Waals surface area (Å²) in [6.45, 7) is 0.593. The summed E-state index contributed by atoms with van der Waals surface area (Å²) in [6.07, 6.45) is 0.971. The van der Waals surface area contributed by atoms with E-state index in [2.05, 4.69) is 27.2 Å². The standard InChI is InChI=1S/C23H22F2N2O4/c1-30-20(28)14-23(10-5-11-31-15-23)27-22(29)26-21-18(24)12-17(13-19(21)25)9-8-16-6-3-2-4-7-16/h2-4,6-7,12-13H,5,10-11,14-15H2,1H3,(H2,26,27,29). The van der Waals surface area contributed by atoms with Gasteiger partial charge in [0.25, 0.3) is 0 Å². The number of rotatable bonds is 4. The predicted octanol–water partition coefficient (Wildman–Crippen LogP) is 3.60. The fourth-order valence-corrected chi connectivity index (χ4v) is 3.30. The van der Waals surface area contributed by atoms with Crippen LogP contribution < -0.4 is 10.6 Å². The molecule has 2 N–H and O–H groups in total. The van der Waals surface area contributed by atoms with E-state index in [4.69, 9.17) is 4.74 Å². The summed E-state index contributed by atoms with van der Waals surface area (Å²) >= 11 is 0. The number of benzene rings is 2. The maximum absolute atomic E-state index is 14.5. The SMILES string of the molecule is COC(=O)CC1(NC(=O)Nc2c(F)cc(C#Cc3ccccc3)cc2F)CCCOC1. The van der Waals surface area contributed by atoms with Crippen molar-refractivity contribution >= 4 is 17.7 Å². The van der Waals surface area contributed by atoms with E-state index < -0.39 is 34.9 Å². The Morgan fingerprint density at radius 1 is 1.13 bits per heavy atom. The first-order valence-corrected chi connectivity index (χ1v) is 9.71. The van der Waals surface area contributed by atoms with Gasteiger partial charge in [0.15, 0.2) is 11.6 Å². The van der Waals surface area contributed by atoms with Gasteiger partial charge in [0.05, 0.1) is 25.7 Å². The van der Waals surface area contributed by atoms with Crippen molar-refractivity contribution in [2.75, 3.05) is 25.6 Å². The number of halogens is 2. The van der Waals surface area contributed by atoms with E-state index >= 15 is 0 Å². The first-order valence-electron chi connectivity index (χ1n) is 9.71. The molecule has 31 heavy (non-hydrogen) atoms. The summed E-state index contributed by atoms with van der Waals surface area (Å²) in [5.41, 5.74) is -0.778. The monoisotopic (exact) mass is 428 g/mol. The molecule has 2 amide bonds. The van der Waals surface area contributed by atoms with Gasteiger partial charge >= 0.3 is 12.0 Å². The minimum atomic E-state index is -1.01. The Bertz CT molecular complexity index is 986. The third kappa shape index (κ3) is 6.03. The molecule has 0 aromatic heterocycles. The van der Waals surface area contributed by atoms with E-state index in [-0.39, 0.29) is 18.6 Å². The van der Waals surface area contributed by atoms with Gasteiger partial charge in [-0.3, -0.25) is 4.79 Å². The molecule has 0 bridgehead atoms. The van der Waals surface area contributed by atoms with Crippen LogP contribution in [0.1, 0.15) is 30.4 Å². The van der Waals surface area contributed by atoms with Crippen molar-refractivity contribution in [2.24, 2.45) is 0 Å². The molecule has 2 aromatic rings. The molecule has 1 unspecified atom stereocenters. The number of urea groups is 1. The van der Waals surface area contributed by atoms with Crippen LogP contribution in [0.5, 0.6) is 0 Å². The zero-order valence-corrected chi connectivity index (χ0v) is 17.0. The summed E-state index contributed by atoms with van der Waals surface area (Å²) < 4.78 is 39.1. The molecule has 0 spiro atoms. The molecule has 1 aliphatic heterocycles. The van der Waals surface area contributed by atoms with Crippen molar-refractivity contribution in [3.05, 3.63) is 65.2 Å². The zero-order valence-electron chi connectivity index (χ0n) is 17.0. The molecule has 2 aromatic carbocycles. The van der Waals surface area contributed by atoms with Crippen molar-refractivity contribution in [3.63, 3.8) is 0 Å². The molecule has 6 nitrogen and oxygen atoms in total. The topological polar surface area (TPSA) is 76.7 Å². The van der Waals surface area contributed by atoms with Crippen molar-refractivity contribution in [1.82, 2.24) is 5.32 Å². The molecule has 0 aliphatic carbocycles. The third-order valence-corrected chi connectivity index (χ3v) is 4.82. The van der Waals surface area contributed by atoms with E-state index in [0.717, 1.165) is 12.1 Å². The van der Waals surface area contributed by atoms with E-state index in [1.165, 1.54) is 7.11 Å². The number of amides is 2. The van der Waals surface area contributed by atoms with E-state index in [1.807, 2.05) is 6.07 Å². The summed E-state index contributed by atoms with van der Waals surface area (Å²) in [6, 6.07) is 10.2. The van der Waals surface area contributed by atoms with Crippen LogP contribution in [0.3, 0.4) is 0 Å². The third-order valence-electron chi connectivity index (χ3n) is 4.82. The Morgan fingerprint density at radius 3 is 2.42 bits per heavy atom. The predicted molar refractivity (Wildman–Crippen MR) is 110 cm³/mol. The largest absolute Gasteiger partial charge is 0.469 e. The maximum Gasteiger partial charge on any atom is 0.319 e. The molecule has 3 rings (SSSR count). The fraction of sp³-hybridized carbons (Fsp3) is 0.304. The zero-order chi connectivity index (χ0) is 22.3. The van der Waals surface area contributed by atoms with Crippen LogP contribution in [0.2, 0.25) is 0 Å². The smallest absolute Gasteiger partial charge is 0.319 e. The van der Waals surface area contributed by atoms with Crippen LogP contribution in [0.25, 0.3) is 0 Å². The number of anilines is 1. The molecule has 8 heteroatoms. The summed E-state index contributed by atoms with van der Waals surface area (Å²) in [5.74, 6) is 3.06. The summed E-state index contributed by atoms with van der Waals surface area (Å²) in [5, 5.41) is 4.81. The second-order valence-electron chi connectivity index (χ2n) is 7.20. The minimum absolute atomic E-state index is 0.0918. The average molecular weight is 428 g/mol. The number of esters is 1. The Hall–Kier alpha value is -3.44. The average Bonchev–Trinajstić information content (AvgIpc) is 2.76. The van der Waals surface area contributed by atoms with Gasteiger partial charge in [-0.2, -0.15) is 0 Å². The first kappa shape index (κ1) is 22.2. The second-order valence-corrected chi connectivity index (χ2v) is 7.20. The van der Waals surface area contributed by atoms with Crippen LogP contribution in [0.15, 0.2) is 42.5 Å². The van der Waals surface area contributed by atoms with Gasteiger partial charge in [-0.15, -0.1) is 0 Å². The number of carbonyl (C=O) groups excluding carboxylic acids is 2. The highest BCUT2D eigenvalue weighted by Crippen LogP contribution is 2.25. The van der Waals surface area contributed by atoms with E-state index in [0.29, 0.717) is 25.0 Å². The number of ether oxygens (including phenoxy) is 2. The molecule has 1 fully saturated rings. The van der Waals surface area contributed by atoms with Crippen LogP contribution in [0, 0.1) is 23.5 Å². The van der Waals surface area contributed by atoms with Gasteiger partial charge in [0.2, 0.25) is 0 Å². The number of hydrogen-bond acceptors (Lipinski definition) is 4. The fourth-order valence-electron chi connectivity index (χ4n) is 3.30. The lowest BCUT2D eigenvalue weighted by molar-refractivity contribution is -0.143. The molecule has 162 valence electrons. The number of nitrogens with one attached hydrogen (secondary N) is 2. The van der Waals surface area contributed by atoms with Gasteiger partial charge in [0.1, 0.15) is 5.69 Å². The Morgan fingerprint density at radius 2 is 1.81 bits per heavy atom. The van der Waals surface area contributed by atoms with Crippen LogP contribution >= 0.6 is 0 Å². The molecule has 1 heterocycles. The van der Waals surface area contributed by atoms with Crippen LogP contribution in [-0.2, 0) is 14.3 Å². The van der Waals surface area contributed by atoms with Crippen molar-refractivity contribution in [1.29, 1.82) is 0 Å². The molecule has 1 atom stereocenters. The minimum Gasteiger partial charge on any atom is -0.469 e. The van der Waals surface area contributed by atoms with Gasteiger partial charge < -0.3 is 20.1 Å². The van der Waals surface area contributed by atoms with E-state index in [9.17, 15) is 18.4 Å². The highest BCUT2D eigenvalue weighted by Gasteiger charge is 2.37. The van der Waals surface area contributed by atoms with Crippen LogP contribution in [-0.4, -0.2) is 37.9 Å². The van der Waals surface area contributed by atoms with Gasteiger partial charge in [-0.05, 0) is 37.1 Å². The van der Waals surface area contributed by atoms with Gasteiger partial charge in [-0.25, -0.2) is 13.6 Å². The van der Waals surface area contributed by atoms with Crippen molar-refractivity contribution in [3.8, 4) is 11.8 Å². The van der Waals surface area contributed by atoms with Gasteiger partial charge in [0, 0.05) is 17.7 Å². The van der Waals surface area contributed by atoms with Crippen molar-refractivity contribution < 1.29 is 27.8 Å². The molecule has 0 saturated carbocycles. The lowest BCUT2D eigenvalue weighted by Gasteiger charge is -2.36. The number of methoxy groups -OCH3 is 1. The Kier molecular flexibility index (Phi) is 7.21. The lowest BCUT2D eigenvalue weighted by Crippen LogP contribution is -2.56. The quantitative estimate of drug-likeness (QED) is 0.576. The first-order chi connectivity index (χ1) is 14.9.